The molecule has 2 heterocycles. The molecule has 0 unspecified atom stereocenters. The van der Waals surface area contributed by atoms with Gasteiger partial charge in [0.05, 0.1) is 11.3 Å². The molecule has 152 valence electrons. The molecule has 1 aromatic rings. The van der Waals surface area contributed by atoms with Crippen LogP contribution in [0.2, 0.25) is 0 Å². The van der Waals surface area contributed by atoms with Crippen molar-refractivity contribution in [1.29, 1.82) is 0 Å². The van der Waals surface area contributed by atoms with Gasteiger partial charge in [0.1, 0.15) is 9.84 Å². The normalized spacial score (nSPS) is 21.9. The number of rotatable bonds is 6. The fourth-order valence-electron chi connectivity index (χ4n) is 4.63. The molecule has 28 heavy (non-hydrogen) atoms. The van der Waals surface area contributed by atoms with Crippen LogP contribution >= 0.6 is 0 Å². The van der Waals surface area contributed by atoms with Crippen LogP contribution in [0.1, 0.15) is 37.2 Å². The molecule has 0 saturated carbocycles. The van der Waals surface area contributed by atoms with E-state index in [0.29, 0.717) is 38.9 Å². The lowest BCUT2D eigenvalue weighted by Crippen LogP contribution is -2.56. The summed E-state index contributed by atoms with van der Waals surface area (Å²) in [7, 11) is -3.16. The van der Waals surface area contributed by atoms with E-state index in [9.17, 15) is 18.0 Å². The van der Waals surface area contributed by atoms with E-state index in [1.165, 1.54) is 0 Å². The third kappa shape index (κ3) is 4.14. The highest BCUT2D eigenvalue weighted by atomic mass is 32.2. The predicted molar refractivity (Wildman–Crippen MR) is 109 cm³/mol. The van der Waals surface area contributed by atoms with E-state index in [-0.39, 0.29) is 35.4 Å². The zero-order chi connectivity index (χ0) is 20.4. The van der Waals surface area contributed by atoms with Crippen molar-refractivity contribution in [3.8, 4) is 0 Å². The molecule has 2 fully saturated rings. The fraction of sp³-hybridized carbons (Fsp3) is 0.524. The van der Waals surface area contributed by atoms with Gasteiger partial charge in [0.15, 0.2) is 0 Å². The maximum atomic E-state index is 12.8. The van der Waals surface area contributed by atoms with E-state index in [1.807, 2.05) is 23.1 Å². The summed E-state index contributed by atoms with van der Waals surface area (Å²) in [6.07, 6.45) is 4.78. The number of nitrogens with zero attached hydrogens (tertiary/aromatic N) is 2. The Morgan fingerprint density at radius 2 is 1.89 bits per heavy atom. The minimum absolute atomic E-state index is 0.0171. The maximum Gasteiger partial charge on any atom is 0.224 e. The Balaban J connectivity index is 1.79. The first-order valence-corrected chi connectivity index (χ1v) is 11.7. The number of likely N-dealkylation sites (tertiary alicyclic amines) is 2. The second kappa shape index (κ2) is 8.07. The van der Waals surface area contributed by atoms with Crippen LogP contribution in [-0.2, 0) is 19.4 Å². The Labute approximate surface area is 167 Å². The van der Waals surface area contributed by atoms with Gasteiger partial charge < -0.3 is 9.80 Å². The molecule has 1 spiro atoms. The van der Waals surface area contributed by atoms with Gasteiger partial charge in [-0.05, 0) is 18.4 Å². The largest absolute Gasteiger partial charge is 0.342 e. The summed E-state index contributed by atoms with van der Waals surface area (Å²) in [6.45, 7) is 5.38. The summed E-state index contributed by atoms with van der Waals surface area (Å²) in [5.41, 5.74) is 0.833. The molecule has 0 aliphatic carbocycles. The van der Waals surface area contributed by atoms with Crippen LogP contribution in [0.3, 0.4) is 0 Å². The van der Waals surface area contributed by atoms with E-state index < -0.39 is 9.84 Å². The molecular formula is C21H28N2O4S. The highest BCUT2D eigenvalue weighted by molar-refractivity contribution is 7.90. The molecule has 1 atom stereocenters. The predicted octanol–water partition coefficient (Wildman–Crippen LogP) is 1.98. The van der Waals surface area contributed by atoms with Crippen molar-refractivity contribution in [2.75, 3.05) is 31.6 Å². The number of benzene rings is 1. The fourth-order valence-corrected chi connectivity index (χ4v) is 5.18. The van der Waals surface area contributed by atoms with Crippen molar-refractivity contribution in [2.24, 2.45) is 0 Å². The van der Waals surface area contributed by atoms with Crippen molar-refractivity contribution in [1.82, 2.24) is 9.80 Å². The van der Waals surface area contributed by atoms with Gasteiger partial charge in [-0.2, -0.15) is 0 Å². The van der Waals surface area contributed by atoms with Crippen LogP contribution in [0.4, 0.5) is 0 Å². The van der Waals surface area contributed by atoms with Crippen LogP contribution < -0.4 is 0 Å². The van der Waals surface area contributed by atoms with Crippen molar-refractivity contribution < 1.29 is 18.0 Å². The Bertz CT molecular complexity index is 842. The molecule has 6 nitrogen and oxygen atoms in total. The van der Waals surface area contributed by atoms with Crippen molar-refractivity contribution in [3.05, 3.63) is 48.6 Å². The van der Waals surface area contributed by atoms with Crippen LogP contribution in [0.25, 0.3) is 0 Å². The number of carbonyl (C=O) groups is 2. The average molecular weight is 405 g/mol. The van der Waals surface area contributed by atoms with Gasteiger partial charge in [-0.25, -0.2) is 8.42 Å². The number of hydrogen-bond acceptors (Lipinski definition) is 4. The van der Waals surface area contributed by atoms with Crippen LogP contribution in [0, 0.1) is 0 Å². The lowest BCUT2D eigenvalue weighted by Gasteiger charge is -2.48. The van der Waals surface area contributed by atoms with Crippen molar-refractivity contribution >= 4 is 21.7 Å². The van der Waals surface area contributed by atoms with E-state index in [4.69, 9.17) is 0 Å². The van der Waals surface area contributed by atoms with Gasteiger partial charge in [0.2, 0.25) is 11.8 Å². The molecule has 0 radical (unpaired) electrons. The number of carbonyl (C=O) groups excluding carboxylic acids is 2. The molecule has 2 saturated heterocycles. The Kier molecular flexibility index (Phi) is 5.93. The quantitative estimate of drug-likeness (QED) is 0.680. The highest BCUT2D eigenvalue weighted by Gasteiger charge is 2.53. The molecule has 0 N–H and O–H groups in total. The van der Waals surface area contributed by atoms with E-state index >= 15 is 0 Å². The number of piperidine rings is 1. The summed E-state index contributed by atoms with van der Waals surface area (Å²) >= 11 is 0. The van der Waals surface area contributed by atoms with Crippen LogP contribution in [0.5, 0.6) is 0 Å². The summed E-state index contributed by atoms with van der Waals surface area (Å²) < 4.78 is 22.7. The SMILES string of the molecule is C=CCN1C(=O)C[C@@H](c2ccccc2)C12CCN(C(=O)CCS(C)(=O)=O)CC2. The summed E-state index contributed by atoms with van der Waals surface area (Å²) in [6, 6.07) is 10.1. The summed E-state index contributed by atoms with van der Waals surface area (Å²) in [5.74, 6) is -0.0302. The molecule has 0 aromatic heterocycles. The van der Waals surface area contributed by atoms with E-state index in [0.717, 1.165) is 11.8 Å². The topological polar surface area (TPSA) is 74.8 Å². The van der Waals surface area contributed by atoms with Crippen LogP contribution in [-0.4, -0.2) is 67.2 Å². The molecule has 0 bridgehead atoms. The standard InChI is InChI=1S/C21H28N2O4S/c1-3-12-23-20(25)16-18(17-7-5-4-6-8-17)21(23)10-13-22(14-11-21)19(24)9-15-28(2,26)27/h3-8,18H,1,9-16H2,2H3/t18-/m0/s1. The van der Waals surface area contributed by atoms with Crippen molar-refractivity contribution in [3.63, 3.8) is 0 Å². The molecule has 1 aromatic carbocycles. The highest BCUT2D eigenvalue weighted by Crippen LogP contribution is 2.48. The molecule has 2 aliphatic heterocycles. The molecule has 2 aliphatic rings. The van der Waals surface area contributed by atoms with Gasteiger partial charge >= 0.3 is 0 Å². The summed E-state index contributed by atoms with van der Waals surface area (Å²) in [4.78, 5) is 28.9. The van der Waals surface area contributed by atoms with Gasteiger partial charge in [-0.3, -0.25) is 9.59 Å². The van der Waals surface area contributed by atoms with Gasteiger partial charge in [-0.15, -0.1) is 6.58 Å². The smallest absolute Gasteiger partial charge is 0.224 e. The number of sulfone groups is 1. The zero-order valence-corrected chi connectivity index (χ0v) is 17.2. The molecule has 2 amide bonds. The minimum Gasteiger partial charge on any atom is -0.342 e. The zero-order valence-electron chi connectivity index (χ0n) is 16.3. The third-order valence-corrected chi connectivity index (χ3v) is 6.99. The first-order valence-electron chi connectivity index (χ1n) is 9.69. The molecular weight excluding hydrogens is 376 g/mol. The molecule has 3 rings (SSSR count). The Morgan fingerprint density at radius 1 is 1.25 bits per heavy atom. The first-order chi connectivity index (χ1) is 13.3. The second-order valence-corrected chi connectivity index (χ2v) is 10.1. The minimum atomic E-state index is -3.16. The average Bonchev–Trinajstić information content (AvgIpc) is 2.93. The lowest BCUT2D eigenvalue weighted by atomic mass is 9.73. The number of hydrogen-bond donors (Lipinski definition) is 0. The van der Waals surface area contributed by atoms with Gasteiger partial charge in [-0.1, -0.05) is 36.4 Å². The maximum absolute atomic E-state index is 12.8. The second-order valence-electron chi connectivity index (χ2n) is 7.82. The van der Waals surface area contributed by atoms with Crippen molar-refractivity contribution in [2.45, 2.75) is 37.1 Å². The Hall–Kier alpha value is -2.15. The lowest BCUT2D eigenvalue weighted by molar-refractivity contribution is -0.136. The van der Waals surface area contributed by atoms with E-state index in [2.05, 4.69) is 18.7 Å². The summed E-state index contributed by atoms with van der Waals surface area (Å²) in [5, 5.41) is 0. The first kappa shape index (κ1) is 20.6. The number of amides is 2. The van der Waals surface area contributed by atoms with Gasteiger partial charge in [0, 0.05) is 44.6 Å². The monoisotopic (exact) mass is 404 g/mol. The van der Waals surface area contributed by atoms with Crippen LogP contribution in [0.15, 0.2) is 43.0 Å². The molecule has 7 heteroatoms. The Morgan fingerprint density at radius 3 is 2.46 bits per heavy atom. The third-order valence-electron chi connectivity index (χ3n) is 6.05. The van der Waals surface area contributed by atoms with E-state index in [1.54, 1.807) is 11.0 Å². The van der Waals surface area contributed by atoms with Gasteiger partial charge in [0.25, 0.3) is 0 Å².